The number of halogens is 2. The Kier molecular flexibility index (Phi) is 6.19. The van der Waals surface area contributed by atoms with Gasteiger partial charge in [0.2, 0.25) is 17.7 Å². The van der Waals surface area contributed by atoms with Crippen LogP contribution in [0.25, 0.3) is 0 Å². The second kappa shape index (κ2) is 9.72. The molecule has 1 aliphatic heterocycles. The predicted octanol–water partition coefficient (Wildman–Crippen LogP) is 6.71. The van der Waals surface area contributed by atoms with E-state index in [0.717, 1.165) is 33.6 Å². The molecule has 210 valence electrons. The number of aryl methyl sites for hydroxylation is 1. The summed E-state index contributed by atoms with van der Waals surface area (Å²) in [4.78, 5) is 39.4. The fourth-order valence-corrected chi connectivity index (χ4v) is 7.88. The van der Waals surface area contributed by atoms with Gasteiger partial charge in [-0.3, -0.25) is 19.3 Å². The van der Waals surface area contributed by atoms with Crippen molar-refractivity contribution < 1.29 is 19.1 Å². The Balaban J connectivity index is 1.09. The maximum atomic E-state index is 13.9. The van der Waals surface area contributed by atoms with Gasteiger partial charge in [-0.1, -0.05) is 66.7 Å². The molecule has 6 nitrogen and oxygen atoms in total. The lowest BCUT2D eigenvalue weighted by molar-refractivity contribution is -0.140. The first-order valence-corrected chi connectivity index (χ1v) is 14.6. The highest BCUT2D eigenvalue weighted by atomic mass is 35.5. The maximum Gasteiger partial charge on any atom is 0.235 e. The van der Waals surface area contributed by atoms with E-state index in [0.29, 0.717) is 11.4 Å². The minimum Gasteiger partial charge on any atom is -0.457 e. The first-order chi connectivity index (χ1) is 20.2. The van der Waals surface area contributed by atoms with E-state index in [9.17, 15) is 14.4 Å². The van der Waals surface area contributed by atoms with Gasteiger partial charge in [-0.2, -0.15) is 0 Å². The third-order valence-corrected chi connectivity index (χ3v) is 9.98. The molecule has 0 saturated carbocycles. The molecule has 0 unspecified atom stereocenters. The summed E-state index contributed by atoms with van der Waals surface area (Å²) in [5, 5.41) is 2.84. The first-order valence-electron chi connectivity index (χ1n) is 13.8. The molecule has 1 saturated heterocycles. The number of alkyl halides is 2. The Bertz CT molecular complexity index is 1650. The number of imide groups is 1. The number of carbonyl (C=O) groups is 3. The van der Waals surface area contributed by atoms with Gasteiger partial charge in [0.25, 0.3) is 0 Å². The van der Waals surface area contributed by atoms with Crippen LogP contribution in [0.3, 0.4) is 0 Å². The number of nitrogens with zero attached hydrogens (tertiary/aromatic N) is 1. The average Bonchev–Trinajstić information content (AvgIpc) is 3.27. The van der Waals surface area contributed by atoms with Crippen LogP contribution in [-0.4, -0.2) is 29.2 Å². The minimum absolute atomic E-state index is 0.0666. The molecular formula is C34H26Cl2N2O4. The topological polar surface area (TPSA) is 75.7 Å². The highest BCUT2D eigenvalue weighted by Gasteiger charge is 2.72. The number of nitrogens with one attached hydrogen (secondary N) is 1. The van der Waals surface area contributed by atoms with Crippen LogP contribution in [0.5, 0.6) is 11.5 Å². The number of ether oxygens (including phenoxy) is 1. The van der Waals surface area contributed by atoms with E-state index in [4.69, 9.17) is 27.9 Å². The molecule has 2 atom stereocenters. The van der Waals surface area contributed by atoms with Gasteiger partial charge in [0.1, 0.15) is 21.2 Å². The lowest BCUT2D eigenvalue weighted by Gasteiger charge is -2.54. The van der Waals surface area contributed by atoms with Gasteiger partial charge in [-0.15, -0.1) is 23.2 Å². The van der Waals surface area contributed by atoms with Crippen LogP contribution >= 0.6 is 23.2 Å². The molecule has 1 fully saturated rings. The lowest BCUT2D eigenvalue weighted by Crippen LogP contribution is -2.57. The Morgan fingerprint density at radius 3 is 1.74 bits per heavy atom. The molecule has 0 radical (unpaired) electrons. The lowest BCUT2D eigenvalue weighted by atomic mass is 9.54. The molecule has 42 heavy (non-hydrogen) atoms. The highest BCUT2D eigenvalue weighted by molar-refractivity contribution is 6.36. The van der Waals surface area contributed by atoms with E-state index in [2.05, 4.69) is 5.32 Å². The largest absolute Gasteiger partial charge is 0.457 e. The van der Waals surface area contributed by atoms with Crippen molar-refractivity contribution in [3.63, 3.8) is 0 Å². The third-order valence-electron chi connectivity index (χ3n) is 8.70. The monoisotopic (exact) mass is 596 g/mol. The molecule has 1 heterocycles. The van der Waals surface area contributed by atoms with Gasteiger partial charge in [-0.25, -0.2) is 0 Å². The predicted molar refractivity (Wildman–Crippen MR) is 161 cm³/mol. The summed E-state index contributed by atoms with van der Waals surface area (Å²) in [6.45, 7) is 1.90. The van der Waals surface area contributed by atoms with E-state index in [1.807, 2.05) is 79.7 Å². The summed E-state index contributed by atoms with van der Waals surface area (Å²) in [5.41, 5.74) is 4.58. The van der Waals surface area contributed by atoms with Crippen molar-refractivity contribution >= 4 is 46.6 Å². The van der Waals surface area contributed by atoms with Crippen molar-refractivity contribution in [3.8, 4) is 11.5 Å². The average molecular weight is 597 g/mol. The summed E-state index contributed by atoms with van der Waals surface area (Å²) < 4.78 is 5.92. The molecular weight excluding hydrogens is 571 g/mol. The smallest absolute Gasteiger partial charge is 0.235 e. The van der Waals surface area contributed by atoms with Gasteiger partial charge in [0.05, 0.1) is 11.8 Å². The Hall–Kier alpha value is -4.13. The molecule has 3 amide bonds. The SMILES string of the molecule is Cc1ccccc1Oc1ccc(NC(=O)CCN2C(=O)[C@@H]3[C@H](C2=O)C2(Cl)c4ccccc4C3(Cl)c3ccccc32)cc1. The molecule has 0 spiro atoms. The summed E-state index contributed by atoms with van der Waals surface area (Å²) in [7, 11) is 0. The number of hydrogen-bond acceptors (Lipinski definition) is 4. The summed E-state index contributed by atoms with van der Waals surface area (Å²) in [6, 6.07) is 29.8. The zero-order valence-corrected chi connectivity index (χ0v) is 24.2. The van der Waals surface area contributed by atoms with E-state index in [1.165, 1.54) is 4.90 Å². The van der Waals surface area contributed by atoms with Crippen LogP contribution in [0.15, 0.2) is 97.1 Å². The van der Waals surface area contributed by atoms with Crippen molar-refractivity contribution in [3.05, 3.63) is 125 Å². The van der Waals surface area contributed by atoms with Crippen LogP contribution in [-0.2, 0) is 24.1 Å². The second-order valence-corrected chi connectivity index (χ2v) is 12.2. The number of amides is 3. The molecule has 4 aromatic carbocycles. The third kappa shape index (κ3) is 3.75. The quantitative estimate of drug-likeness (QED) is 0.198. The van der Waals surface area contributed by atoms with Crippen LogP contribution in [0.4, 0.5) is 5.69 Å². The zero-order valence-electron chi connectivity index (χ0n) is 22.6. The Labute approximate surface area is 253 Å². The van der Waals surface area contributed by atoms with Gasteiger partial charge in [0, 0.05) is 18.7 Å². The summed E-state index contributed by atoms with van der Waals surface area (Å²) in [5.74, 6) is -1.49. The Morgan fingerprint density at radius 2 is 1.24 bits per heavy atom. The van der Waals surface area contributed by atoms with Gasteiger partial charge in [0.15, 0.2) is 0 Å². The van der Waals surface area contributed by atoms with Gasteiger partial charge >= 0.3 is 0 Å². The van der Waals surface area contributed by atoms with Crippen LogP contribution in [0.1, 0.15) is 34.2 Å². The minimum atomic E-state index is -1.24. The number of likely N-dealkylation sites (tertiary alicyclic amines) is 1. The van der Waals surface area contributed by atoms with Crippen molar-refractivity contribution in [1.82, 2.24) is 4.90 Å². The first kappa shape index (κ1) is 26.7. The molecule has 8 rings (SSSR count). The number of rotatable bonds is 6. The molecule has 8 heteroatoms. The molecule has 4 aliphatic rings. The van der Waals surface area contributed by atoms with Crippen LogP contribution in [0, 0.1) is 18.8 Å². The van der Waals surface area contributed by atoms with E-state index < -0.39 is 33.4 Å². The molecule has 2 bridgehead atoms. The van der Waals surface area contributed by atoms with Gasteiger partial charge < -0.3 is 10.1 Å². The van der Waals surface area contributed by atoms with Crippen molar-refractivity contribution in [2.24, 2.45) is 11.8 Å². The van der Waals surface area contributed by atoms with Crippen molar-refractivity contribution in [2.45, 2.75) is 23.1 Å². The number of carbonyl (C=O) groups excluding carboxylic acids is 3. The fraction of sp³-hybridized carbons (Fsp3) is 0.206. The summed E-state index contributed by atoms with van der Waals surface area (Å²) in [6.07, 6.45) is -0.0666. The second-order valence-electron chi connectivity index (χ2n) is 11.0. The maximum absolute atomic E-state index is 13.9. The van der Waals surface area contributed by atoms with E-state index >= 15 is 0 Å². The zero-order chi connectivity index (χ0) is 29.2. The van der Waals surface area contributed by atoms with Crippen LogP contribution in [0.2, 0.25) is 0 Å². The Morgan fingerprint density at radius 1 is 0.762 bits per heavy atom. The fourth-order valence-electron chi connectivity index (χ4n) is 6.79. The number of benzene rings is 4. The van der Waals surface area contributed by atoms with Gasteiger partial charge in [-0.05, 0) is 65.1 Å². The molecule has 0 aromatic heterocycles. The number of para-hydroxylation sites is 1. The van der Waals surface area contributed by atoms with Crippen molar-refractivity contribution in [1.29, 1.82) is 0 Å². The standard InChI is InChI=1S/C34H26Cl2N2O4/c1-20-8-2-7-13-27(20)42-22-16-14-21(15-17-22)37-28(39)18-19-38-31(40)29-30(32(38)41)34(36)24-10-4-3-9-23(24)33(29,35)25-11-5-6-12-26(25)34/h2-17,29-30H,18-19H2,1H3,(H,37,39)/t29-,30+,33?,34?. The summed E-state index contributed by atoms with van der Waals surface area (Å²) >= 11 is 14.9. The van der Waals surface area contributed by atoms with E-state index in [1.54, 1.807) is 24.3 Å². The normalized spacial score (nSPS) is 25.1. The van der Waals surface area contributed by atoms with E-state index in [-0.39, 0.29) is 18.9 Å². The molecule has 3 aliphatic carbocycles. The highest BCUT2D eigenvalue weighted by Crippen LogP contribution is 2.69. The number of anilines is 1. The van der Waals surface area contributed by atoms with Crippen LogP contribution < -0.4 is 10.1 Å². The molecule has 1 N–H and O–H groups in total. The number of hydrogen-bond donors (Lipinski definition) is 1. The van der Waals surface area contributed by atoms with Crippen molar-refractivity contribution in [2.75, 3.05) is 11.9 Å². The molecule has 4 aromatic rings.